The van der Waals surface area contributed by atoms with E-state index < -0.39 is 16.0 Å². The van der Waals surface area contributed by atoms with Crippen LogP contribution in [0.1, 0.15) is 29.8 Å². The summed E-state index contributed by atoms with van der Waals surface area (Å²) in [6.07, 6.45) is 0. The van der Waals surface area contributed by atoms with Crippen LogP contribution in [0, 0.1) is 0 Å². The molecule has 1 aliphatic rings. The highest BCUT2D eigenvalue weighted by Crippen LogP contribution is 2.33. The normalized spacial score (nSPS) is 15.2. The molecule has 0 amide bonds. The Bertz CT molecular complexity index is 1050. The maximum atomic E-state index is 12.6. The number of nitrogens with zero attached hydrogens (tertiary/aromatic N) is 1. The molecule has 0 saturated carbocycles. The molecule has 0 radical (unpaired) electrons. The zero-order valence-electron chi connectivity index (χ0n) is 15.7. The Morgan fingerprint density at radius 3 is 2.29 bits per heavy atom. The number of amidine groups is 1. The van der Waals surface area contributed by atoms with Gasteiger partial charge in [-0.2, -0.15) is 8.42 Å². The van der Waals surface area contributed by atoms with E-state index in [1.165, 1.54) is 0 Å². The first-order chi connectivity index (χ1) is 13.4. The average Bonchev–Trinajstić information content (AvgIpc) is 2.90. The van der Waals surface area contributed by atoms with Gasteiger partial charge in [0.05, 0.1) is 19.3 Å². The van der Waals surface area contributed by atoms with Crippen molar-refractivity contribution in [3.63, 3.8) is 0 Å². The van der Waals surface area contributed by atoms with Gasteiger partial charge < -0.3 is 14.8 Å². The van der Waals surface area contributed by atoms with Crippen LogP contribution >= 0.6 is 0 Å². The van der Waals surface area contributed by atoms with Crippen molar-refractivity contribution in [3.05, 3.63) is 65.2 Å². The van der Waals surface area contributed by atoms with Crippen molar-refractivity contribution in [1.29, 1.82) is 0 Å². The molecule has 2 aromatic carbocycles. The van der Waals surface area contributed by atoms with E-state index >= 15 is 0 Å². The number of benzene rings is 2. The molecule has 8 heteroatoms. The summed E-state index contributed by atoms with van der Waals surface area (Å²) in [6.45, 7) is 3.73. The van der Waals surface area contributed by atoms with Crippen LogP contribution in [-0.4, -0.2) is 33.9 Å². The first-order valence-electron chi connectivity index (χ1n) is 8.60. The van der Waals surface area contributed by atoms with Crippen molar-refractivity contribution in [2.24, 2.45) is 4.40 Å². The smallest absolute Gasteiger partial charge is 0.338 e. The largest absolute Gasteiger partial charge is 0.497 e. The highest BCUT2D eigenvalue weighted by atomic mass is 32.2. The molecule has 0 atom stereocenters. The van der Waals surface area contributed by atoms with E-state index in [1.54, 1.807) is 69.5 Å². The van der Waals surface area contributed by atoms with Crippen molar-refractivity contribution in [3.8, 4) is 5.75 Å². The number of carbonyl (C=O) groups excluding carboxylic acids is 1. The molecule has 1 heterocycles. The molecule has 7 nitrogen and oxygen atoms in total. The lowest BCUT2D eigenvalue weighted by atomic mass is 10.1. The van der Waals surface area contributed by atoms with Crippen LogP contribution in [0.25, 0.3) is 4.91 Å². The van der Waals surface area contributed by atoms with Crippen molar-refractivity contribution >= 4 is 32.4 Å². The average molecular weight is 400 g/mol. The number of sulfonamides is 1. The van der Waals surface area contributed by atoms with Crippen LogP contribution < -0.4 is 10.1 Å². The van der Waals surface area contributed by atoms with Gasteiger partial charge in [-0.1, -0.05) is 0 Å². The van der Waals surface area contributed by atoms with E-state index in [-0.39, 0.29) is 10.7 Å². The Labute approximate surface area is 163 Å². The van der Waals surface area contributed by atoms with Gasteiger partial charge in [-0.05, 0) is 67.9 Å². The summed E-state index contributed by atoms with van der Waals surface area (Å²) >= 11 is 0. The van der Waals surface area contributed by atoms with E-state index in [2.05, 4.69) is 9.71 Å². The summed E-state index contributed by atoms with van der Waals surface area (Å²) in [5, 5.41) is 3.00. The maximum absolute atomic E-state index is 12.6. The molecule has 146 valence electrons. The minimum Gasteiger partial charge on any atom is -0.497 e. The van der Waals surface area contributed by atoms with Gasteiger partial charge in [0.25, 0.3) is 10.0 Å². The summed E-state index contributed by atoms with van der Waals surface area (Å²) in [6, 6.07) is 13.3. The molecule has 0 aliphatic carbocycles. The van der Waals surface area contributed by atoms with E-state index in [0.29, 0.717) is 34.7 Å². The van der Waals surface area contributed by atoms with Gasteiger partial charge in [-0.3, -0.25) is 0 Å². The van der Waals surface area contributed by atoms with E-state index in [0.717, 1.165) is 0 Å². The Morgan fingerprint density at radius 1 is 1.07 bits per heavy atom. The summed E-state index contributed by atoms with van der Waals surface area (Å²) < 4.78 is 39.1. The second-order valence-corrected chi connectivity index (χ2v) is 7.56. The maximum Gasteiger partial charge on any atom is 0.338 e. The summed E-state index contributed by atoms with van der Waals surface area (Å²) in [5.41, 5.74) is 2.08. The number of hydrogen-bond donors (Lipinski definition) is 1. The molecule has 0 unspecified atom stereocenters. The van der Waals surface area contributed by atoms with Gasteiger partial charge in [0.2, 0.25) is 0 Å². The summed E-state index contributed by atoms with van der Waals surface area (Å²) in [4.78, 5) is 11.9. The quantitative estimate of drug-likeness (QED) is 0.773. The minimum atomic E-state index is -3.82. The van der Waals surface area contributed by atoms with Crippen LogP contribution in [-0.2, 0) is 14.8 Å². The summed E-state index contributed by atoms with van der Waals surface area (Å²) in [5.74, 6) is 0.473. The molecule has 3 rings (SSSR count). The topological polar surface area (TPSA) is 94.1 Å². The Kier molecular flexibility index (Phi) is 5.51. The lowest BCUT2D eigenvalue weighted by Crippen LogP contribution is -2.12. The standard InChI is InChI=1S/C20H20N2O5S/c1-4-27-20(23)15-5-9-16(10-6-15)21-19-13(2)18(28(24,25)22-19)14-7-11-17(26-3)12-8-14/h5-12H,4H2,1-3H3,(H,21,22). The van der Waals surface area contributed by atoms with Crippen molar-refractivity contribution in [2.45, 2.75) is 13.8 Å². The molecule has 0 bridgehead atoms. The predicted octanol–water partition coefficient (Wildman–Crippen LogP) is 3.46. The van der Waals surface area contributed by atoms with Crippen molar-refractivity contribution in [2.75, 3.05) is 19.0 Å². The fourth-order valence-corrected chi connectivity index (χ4v) is 4.23. The van der Waals surface area contributed by atoms with E-state index in [9.17, 15) is 13.2 Å². The Hall–Kier alpha value is -3.13. The van der Waals surface area contributed by atoms with E-state index in [1.807, 2.05) is 0 Å². The molecule has 28 heavy (non-hydrogen) atoms. The fraction of sp³-hybridized carbons (Fsp3) is 0.200. The van der Waals surface area contributed by atoms with Gasteiger partial charge in [0.1, 0.15) is 16.5 Å². The Balaban J connectivity index is 1.86. The molecule has 0 saturated heterocycles. The zero-order chi connectivity index (χ0) is 20.3. The number of ether oxygens (including phenoxy) is 2. The molecular weight excluding hydrogens is 380 g/mol. The monoisotopic (exact) mass is 400 g/mol. The molecule has 1 aliphatic heterocycles. The number of carbonyl (C=O) groups is 1. The van der Waals surface area contributed by atoms with Crippen LogP contribution in [0.5, 0.6) is 5.75 Å². The number of rotatable bonds is 5. The first-order valence-corrected chi connectivity index (χ1v) is 10.0. The van der Waals surface area contributed by atoms with Gasteiger partial charge in [0, 0.05) is 11.3 Å². The van der Waals surface area contributed by atoms with Crippen molar-refractivity contribution in [1.82, 2.24) is 0 Å². The highest BCUT2D eigenvalue weighted by Gasteiger charge is 2.31. The lowest BCUT2D eigenvalue weighted by Gasteiger charge is -2.08. The Morgan fingerprint density at radius 2 is 1.71 bits per heavy atom. The van der Waals surface area contributed by atoms with Gasteiger partial charge in [0.15, 0.2) is 0 Å². The fourth-order valence-electron chi connectivity index (χ4n) is 2.80. The van der Waals surface area contributed by atoms with E-state index in [4.69, 9.17) is 9.47 Å². The third-order valence-corrected chi connectivity index (χ3v) is 5.66. The second kappa shape index (κ2) is 7.85. The van der Waals surface area contributed by atoms with Crippen LogP contribution in [0.4, 0.5) is 5.69 Å². The predicted molar refractivity (Wildman–Crippen MR) is 108 cm³/mol. The van der Waals surface area contributed by atoms with Gasteiger partial charge in [-0.25, -0.2) is 4.79 Å². The molecule has 0 aromatic heterocycles. The molecular formula is C20H20N2O5S. The third kappa shape index (κ3) is 3.91. The number of nitrogens with one attached hydrogen (secondary N) is 1. The molecule has 1 N–H and O–H groups in total. The lowest BCUT2D eigenvalue weighted by molar-refractivity contribution is 0.0526. The minimum absolute atomic E-state index is 0.154. The number of anilines is 1. The number of methoxy groups -OCH3 is 1. The van der Waals surface area contributed by atoms with Crippen LogP contribution in [0.2, 0.25) is 0 Å². The molecule has 0 spiro atoms. The molecule has 0 fully saturated rings. The number of esters is 1. The summed E-state index contributed by atoms with van der Waals surface area (Å²) in [7, 11) is -2.27. The third-order valence-electron chi connectivity index (χ3n) is 4.18. The SMILES string of the molecule is CCOC(=O)c1ccc(NC2=NS(=O)(=O)C(c3ccc(OC)cc3)=C2C)cc1. The number of hydrogen-bond acceptors (Lipinski definition) is 6. The van der Waals surface area contributed by atoms with Crippen LogP contribution in [0.15, 0.2) is 58.5 Å². The molecule has 2 aromatic rings. The second-order valence-electron chi connectivity index (χ2n) is 6.02. The van der Waals surface area contributed by atoms with Crippen molar-refractivity contribution < 1.29 is 22.7 Å². The highest BCUT2D eigenvalue weighted by molar-refractivity contribution is 8.00. The van der Waals surface area contributed by atoms with Gasteiger partial charge >= 0.3 is 5.97 Å². The first kappa shape index (κ1) is 19.6. The van der Waals surface area contributed by atoms with Gasteiger partial charge in [-0.15, -0.1) is 4.40 Å². The van der Waals surface area contributed by atoms with Crippen LogP contribution in [0.3, 0.4) is 0 Å². The zero-order valence-corrected chi connectivity index (χ0v) is 16.5.